The van der Waals surface area contributed by atoms with Crippen LogP contribution in [0.5, 0.6) is 0 Å². The van der Waals surface area contributed by atoms with E-state index in [1.165, 1.54) is 23.7 Å². The van der Waals surface area contributed by atoms with E-state index in [0.29, 0.717) is 16.2 Å². The molecule has 1 aromatic carbocycles. The van der Waals surface area contributed by atoms with Gasteiger partial charge in [0.2, 0.25) is 5.78 Å². The lowest BCUT2D eigenvalue weighted by molar-refractivity contribution is 0.0474. The van der Waals surface area contributed by atoms with Crippen LogP contribution in [0, 0.1) is 13.8 Å². The average molecular weight is 314 g/mol. The van der Waals surface area contributed by atoms with Gasteiger partial charge < -0.3 is 9.15 Å². The molecule has 0 bridgehead atoms. The standard InChI is InChI=1S/C17H14O4S/c1-10-12-5-3-4-6-15(12)22-16(10)14(18)9-21-17(19)13-7-8-20-11(13)2/h3-8H,9H2,1-2H3. The van der Waals surface area contributed by atoms with E-state index in [2.05, 4.69) is 0 Å². The quantitative estimate of drug-likeness (QED) is 0.536. The molecular weight excluding hydrogens is 300 g/mol. The second-order valence-electron chi connectivity index (χ2n) is 4.94. The molecular formula is C17H14O4S. The van der Waals surface area contributed by atoms with Gasteiger partial charge in [-0.05, 0) is 36.9 Å². The third-order valence-corrected chi connectivity index (χ3v) is 4.82. The summed E-state index contributed by atoms with van der Waals surface area (Å²) < 4.78 is 11.2. The summed E-state index contributed by atoms with van der Waals surface area (Å²) in [5.74, 6) is -0.248. The highest BCUT2D eigenvalue weighted by Crippen LogP contribution is 2.30. The van der Waals surface area contributed by atoms with Crippen LogP contribution in [-0.4, -0.2) is 18.4 Å². The van der Waals surface area contributed by atoms with Crippen LogP contribution < -0.4 is 0 Å². The van der Waals surface area contributed by atoms with Gasteiger partial charge in [0, 0.05) is 4.70 Å². The van der Waals surface area contributed by atoms with Crippen molar-refractivity contribution in [3.8, 4) is 0 Å². The number of ketones is 1. The molecule has 3 rings (SSSR count). The Morgan fingerprint density at radius 1 is 1.18 bits per heavy atom. The van der Waals surface area contributed by atoms with Gasteiger partial charge in [0.15, 0.2) is 6.61 Å². The summed E-state index contributed by atoms with van der Waals surface area (Å²) in [7, 11) is 0. The van der Waals surface area contributed by atoms with Gasteiger partial charge in [-0.1, -0.05) is 18.2 Å². The number of esters is 1. The number of ether oxygens (including phenoxy) is 1. The predicted octanol–water partition coefficient (Wildman–Crippen LogP) is 4.15. The van der Waals surface area contributed by atoms with E-state index >= 15 is 0 Å². The smallest absolute Gasteiger partial charge is 0.342 e. The molecule has 0 unspecified atom stereocenters. The fourth-order valence-corrected chi connectivity index (χ4v) is 3.44. The van der Waals surface area contributed by atoms with E-state index in [1.54, 1.807) is 6.92 Å². The maximum atomic E-state index is 12.3. The molecule has 0 aliphatic rings. The molecule has 0 aliphatic heterocycles. The third kappa shape index (κ3) is 2.55. The van der Waals surface area contributed by atoms with Crippen molar-refractivity contribution in [1.29, 1.82) is 0 Å². The Bertz CT molecular complexity index is 857. The molecule has 112 valence electrons. The summed E-state index contributed by atoms with van der Waals surface area (Å²) in [6.45, 7) is 3.32. The average Bonchev–Trinajstić information content (AvgIpc) is 3.09. The van der Waals surface area contributed by atoms with Gasteiger partial charge in [-0.25, -0.2) is 4.79 Å². The van der Waals surface area contributed by atoms with Crippen LogP contribution in [0.25, 0.3) is 10.1 Å². The molecule has 4 nitrogen and oxygen atoms in total. The fourth-order valence-electron chi connectivity index (χ4n) is 2.31. The lowest BCUT2D eigenvalue weighted by Crippen LogP contribution is -2.14. The first-order valence-electron chi connectivity index (χ1n) is 6.80. The molecule has 0 saturated carbocycles. The number of carbonyl (C=O) groups is 2. The van der Waals surface area contributed by atoms with Gasteiger partial charge in [-0.15, -0.1) is 11.3 Å². The van der Waals surface area contributed by atoms with Gasteiger partial charge in [-0.3, -0.25) is 4.79 Å². The van der Waals surface area contributed by atoms with Crippen LogP contribution >= 0.6 is 11.3 Å². The molecule has 22 heavy (non-hydrogen) atoms. The topological polar surface area (TPSA) is 56.5 Å². The Kier molecular flexibility index (Phi) is 3.81. The molecule has 0 amide bonds. The number of furan rings is 1. The number of aryl methyl sites for hydroxylation is 2. The Labute approximate surface area is 131 Å². The molecule has 0 N–H and O–H groups in total. The zero-order valence-electron chi connectivity index (χ0n) is 12.2. The van der Waals surface area contributed by atoms with Crippen LogP contribution in [-0.2, 0) is 4.74 Å². The Morgan fingerprint density at radius 3 is 2.64 bits per heavy atom. The van der Waals surface area contributed by atoms with Crippen LogP contribution in [0.3, 0.4) is 0 Å². The fraction of sp³-hybridized carbons (Fsp3) is 0.176. The maximum absolute atomic E-state index is 12.3. The molecule has 3 aromatic rings. The molecule has 0 atom stereocenters. The van der Waals surface area contributed by atoms with Gasteiger partial charge >= 0.3 is 5.97 Å². The van der Waals surface area contributed by atoms with E-state index in [1.807, 2.05) is 31.2 Å². The van der Waals surface area contributed by atoms with Gasteiger partial charge in [0.1, 0.15) is 11.3 Å². The van der Waals surface area contributed by atoms with Crippen molar-refractivity contribution in [2.45, 2.75) is 13.8 Å². The number of Topliss-reactive ketones (excluding diaryl/α,β-unsaturated/α-hetero) is 1. The molecule has 5 heteroatoms. The number of fused-ring (bicyclic) bond motifs is 1. The Morgan fingerprint density at radius 2 is 1.95 bits per heavy atom. The van der Waals surface area contributed by atoms with E-state index < -0.39 is 5.97 Å². The molecule has 0 saturated heterocycles. The van der Waals surface area contributed by atoms with E-state index in [0.717, 1.165) is 15.6 Å². The van der Waals surface area contributed by atoms with Gasteiger partial charge in [0.05, 0.1) is 11.1 Å². The highest BCUT2D eigenvalue weighted by atomic mass is 32.1. The monoisotopic (exact) mass is 314 g/mol. The summed E-state index contributed by atoms with van der Waals surface area (Å²) in [6, 6.07) is 9.38. The van der Waals surface area contributed by atoms with E-state index in [9.17, 15) is 9.59 Å². The highest BCUT2D eigenvalue weighted by Gasteiger charge is 2.19. The number of benzene rings is 1. The van der Waals surface area contributed by atoms with Crippen LogP contribution in [0.4, 0.5) is 0 Å². The molecule has 2 aromatic heterocycles. The van der Waals surface area contributed by atoms with E-state index in [-0.39, 0.29) is 12.4 Å². The summed E-state index contributed by atoms with van der Waals surface area (Å²) in [5.41, 5.74) is 1.28. The highest BCUT2D eigenvalue weighted by molar-refractivity contribution is 7.21. The molecule has 0 fully saturated rings. The van der Waals surface area contributed by atoms with Crippen LogP contribution in [0.15, 0.2) is 41.0 Å². The number of carbonyl (C=O) groups excluding carboxylic acids is 2. The molecule has 2 heterocycles. The van der Waals surface area contributed by atoms with Crippen molar-refractivity contribution in [2.24, 2.45) is 0 Å². The number of rotatable bonds is 4. The summed E-state index contributed by atoms with van der Waals surface area (Å²) in [4.78, 5) is 24.8. The number of hydrogen-bond acceptors (Lipinski definition) is 5. The zero-order chi connectivity index (χ0) is 15.7. The minimum absolute atomic E-state index is 0.187. The maximum Gasteiger partial charge on any atom is 0.342 e. The lowest BCUT2D eigenvalue weighted by Gasteiger charge is -2.03. The predicted molar refractivity (Wildman–Crippen MR) is 84.6 cm³/mol. The summed E-state index contributed by atoms with van der Waals surface area (Å²) >= 11 is 1.42. The molecule has 0 radical (unpaired) electrons. The minimum atomic E-state index is -0.543. The molecule has 0 spiro atoms. The Hall–Kier alpha value is -2.40. The molecule has 0 aliphatic carbocycles. The SMILES string of the molecule is Cc1occc1C(=O)OCC(=O)c1sc2ccccc2c1C. The van der Waals surface area contributed by atoms with Crippen molar-refractivity contribution < 1.29 is 18.7 Å². The first-order chi connectivity index (χ1) is 10.6. The van der Waals surface area contributed by atoms with Crippen molar-refractivity contribution in [1.82, 2.24) is 0 Å². The number of thiophene rings is 1. The van der Waals surface area contributed by atoms with Crippen LogP contribution in [0.2, 0.25) is 0 Å². The largest absolute Gasteiger partial charge is 0.469 e. The zero-order valence-corrected chi connectivity index (χ0v) is 13.0. The van der Waals surface area contributed by atoms with Crippen molar-refractivity contribution in [2.75, 3.05) is 6.61 Å². The summed E-state index contributed by atoms with van der Waals surface area (Å²) in [6.07, 6.45) is 1.42. The normalized spacial score (nSPS) is 10.8. The summed E-state index contributed by atoms with van der Waals surface area (Å²) in [5, 5.41) is 1.06. The van der Waals surface area contributed by atoms with Gasteiger partial charge in [0.25, 0.3) is 0 Å². The minimum Gasteiger partial charge on any atom is -0.469 e. The first-order valence-corrected chi connectivity index (χ1v) is 7.62. The van der Waals surface area contributed by atoms with Gasteiger partial charge in [-0.2, -0.15) is 0 Å². The second-order valence-corrected chi connectivity index (χ2v) is 5.99. The van der Waals surface area contributed by atoms with Crippen molar-refractivity contribution in [3.63, 3.8) is 0 Å². The lowest BCUT2D eigenvalue weighted by atomic mass is 10.1. The second kappa shape index (κ2) is 5.77. The van der Waals surface area contributed by atoms with Crippen LogP contribution in [0.1, 0.15) is 31.4 Å². The first kappa shape index (κ1) is 14.5. The Balaban J connectivity index is 1.75. The number of hydrogen-bond donors (Lipinski definition) is 0. The van der Waals surface area contributed by atoms with Crippen molar-refractivity contribution >= 4 is 33.2 Å². The van der Waals surface area contributed by atoms with Crippen molar-refractivity contribution in [3.05, 3.63) is 58.4 Å². The third-order valence-electron chi connectivity index (χ3n) is 3.51. The van der Waals surface area contributed by atoms with E-state index in [4.69, 9.17) is 9.15 Å².